The van der Waals surface area contributed by atoms with Crippen LogP contribution in [0.15, 0.2) is 12.1 Å². The maximum atomic E-state index is 6.57. The van der Waals surface area contributed by atoms with E-state index in [2.05, 4.69) is 17.4 Å². The number of rotatable bonds is 0. The van der Waals surface area contributed by atoms with Crippen LogP contribution in [-0.2, 0) is 6.42 Å². The van der Waals surface area contributed by atoms with Gasteiger partial charge in [-0.2, -0.15) is 0 Å². The molecule has 3 N–H and O–H groups in total. The fourth-order valence-electron chi connectivity index (χ4n) is 3.82. The third-order valence-corrected chi connectivity index (χ3v) is 4.94. The maximum absolute atomic E-state index is 6.57. The van der Waals surface area contributed by atoms with Crippen LogP contribution in [0.5, 0.6) is 11.5 Å². The van der Waals surface area contributed by atoms with E-state index in [1.165, 1.54) is 11.1 Å². The maximum Gasteiger partial charge on any atom is 0.161 e. The van der Waals surface area contributed by atoms with Crippen LogP contribution in [0, 0.1) is 5.41 Å². The zero-order valence-corrected chi connectivity index (χ0v) is 11.1. The second kappa shape index (κ2) is 4.12. The molecule has 3 aliphatic rings. The summed E-state index contributed by atoms with van der Waals surface area (Å²) >= 11 is 0. The van der Waals surface area contributed by atoms with Gasteiger partial charge in [0.25, 0.3) is 0 Å². The molecule has 2 aliphatic heterocycles. The summed E-state index contributed by atoms with van der Waals surface area (Å²) in [4.78, 5) is 0. The topological polar surface area (TPSA) is 56.5 Å². The van der Waals surface area contributed by atoms with E-state index in [1.54, 1.807) is 0 Å². The number of hydrogen-bond acceptors (Lipinski definition) is 4. The van der Waals surface area contributed by atoms with E-state index in [-0.39, 0.29) is 11.5 Å². The van der Waals surface area contributed by atoms with Gasteiger partial charge in [-0.15, -0.1) is 0 Å². The molecule has 4 rings (SSSR count). The molecule has 1 spiro atoms. The summed E-state index contributed by atoms with van der Waals surface area (Å²) in [6.45, 7) is 3.44. The Balaban J connectivity index is 1.74. The third-order valence-electron chi connectivity index (χ3n) is 4.94. The van der Waals surface area contributed by atoms with Crippen molar-refractivity contribution in [2.75, 3.05) is 26.3 Å². The number of nitrogens with two attached hydrogens (primary N) is 1. The average molecular weight is 260 g/mol. The van der Waals surface area contributed by atoms with Crippen molar-refractivity contribution in [3.63, 3.8) is 0 Å². The van der Waals surface area contributed by atoms with Crippen molar-refractivity contribution in [1.29, 1.82) is 0 Å². The molecule has 19 heavy (non-hydrogen) atoms. The van der Waals surface area contributed by atoms with E-state index >= 15 is 0 Å². The molecule has 1 fully saturated rings. The van der Waals surface area contributed by atoms with Gasteiger partial charge in [0.2, 0.25) is 0 Å². The highest BCUT2D eigenvalue weighted by Gasteiger charge is 2.45. The van der Waals surface area contributed by atoms with Gasteiger partial charge in [-0.25, -0.2) is 0 Å². The molecule has 1 atom stereocenters. The second-order valence-corrected chi connectivity index (χ2v) is 5.96. The molecule has 1 aromatic rings. The molecule has 1 saturated heterocycles. The highest BCUT2D eigenvalue weighted by atomic mass is 16.6. The number of piperidine rings is 1. The summed E-state index contributed by atoms with van der Waals surface area (Å²) in [6, 6.07) is 4.41. The molecule has 1 aromatic carbocycles. The van der Waals surface area contributed by atoms with Gasteiger partial charge in [-0.1, -0.05) is 0 Å². The molecule has 4 nitrogen and oxygen atoms in total. The Kier molecular flexibility index (Phi) is 2.50. The van der Waals surface area contributed by atoms with E-state index in [1.807, 2.05) is 0 Å². The Hall–Kier alpha value is -1.26. The van der Waals surface area contributed by atoms with Gasteiger partial charge in [0.15, 0.2) is 11.5 Å². The highest BCUT2D eigenvalue weighted by Crippen LogP contribution is 2.52. The lowest BCUT2D eigenvalue weighted by molar-refractivity contribution is 0.170. The summed E-state index contributed by atoms with van der Waals surface area (Å²) in [7, 11) is 0. The first-order valence-corrected chi connectivity index (χ1v) is 7.17. The van der Waals surface area contributed by atoms with Crippen molar-refractivity contribution in [3.8, 4) is 11.5 Å². The minimum absolute atomic E-state index is 0.139. The third kappa shape index (κ3) is 1.66. The minimum Gasteiger partial charge on any atom is -0.486 e. The van der Waals surface area contributed by atoms with Crippen molar-refractivity contribution >= 4 is 0 Å². The van der Waals surface area contributed by atoms with Crippen LogP contribution in [0.1, 0.15) is 30.0 Å². The van der Waals surface area contributed by atoms with Crippen molar-refractivity contribution in [1.82, 2.24) is 5.32 Å². The normalized spacial score (nSPS) is 27.3. The lowest BCUT2D eigenvalue weighted by Gasteiger charge is -2.37. The first kappa shape index (κ1) is 11.6. The van der Waals surface area contributed by atoms with Gasteiger partial charge >= 0.3 is 0 Å². The number of ether oxygens (including phenoxy) is 2. The molecular weight excluding hydrogens is 240 g/mol. The lowest BCUT2D eigenvalue weighted by Crippen LogP contribution is -2.42. The Morgan fingerprint density at radius 2 is 1.79 bits per heavy atom. The van der Waals surface area contributed by atoms with E-state index in [9.17, 15) is 0 Å². The van der Waals surface area contributed by atoms with Gasteiger partial charge < -0.3 is 20.5 Å². The summed E-state index contributed by atoms with van der Waals surface area (Å²) < 4.78 is 11.4. The quantitative estimate of drug-likeness (QED) is 0.740. The molecule has 0 amide bonds. The van der Waals surface area contributed by atoms with E-state index in [0.29, 0.717) is 13.2 Å². The highest BCUT2D eigenvalue weighted by molar-refractivity contribution is 5.52. The number of nitrogens with one attached hydrogen (secondary N) is 1. The molecule has 0 bridgehead atoms. The largest absolute Gasteiger partial charge is 0.486 e. The second-order valence-electron chi connectivity index (χ2n) is 5.96. The first-order valence-electron chi connectivity index (χ1n) is 7.17. The monoisotopic (exact) mass is 260 g/mol. The molecule has 4 heteroatoms. The zero-order valence-electron chi connectivity index (χ0n) is 11.1. The predicted molar refractivity (Wildman–Crippen MR) is 72.6 cm³/mol. The van der Waals surface area contributed by atoms with E-state index in [4.69, 9.17) is 15.2 Å². The summed E-state index contributed by atoms with van der Waals surface area (Å²) in [5.74, 6) is 1.76. The van der Waals surface area contributed by atoms with Crippen LogP contribution < -0.4 is 20.5 Å². The Morgan fingerprint density at radius 3 is 2.53 bits per heavy atom. The SMILES string of the molecule is NC1c2cc3c(cc2CC12CCNCC2)OCCO3. The van der Waals surface area contributed by atoms with Gasteiger partial charge in [0.05, 0.1) is 0 Å². The molecule has 1 aliphatic carbocycles. The Morgan fingerprint density at radius 1 is 1.11 bits per heavy atom. The zero-order chi connectivity index (χ0) is 12.9. The number of hydrogen-bond donors (Lipinski definition) is 2. The minimum atomic E-state index is 0.139. The standard InChI is InChI=1S/C15H20N2O2/c16-14-11-8-13-12(18-5-6-19-13)7-10(11)9-15(14)1-3-17-4-2-15/h7-8,14,17H,1-6,9,16H2. The van der Waals surface area contributed by atoms with Crippen LogP contribution in [0.3, 0.4) is 0 Å². The van der Waals surface area contributed by atoms with Crippen LogP contribution >= 0.6 is 0 Å². The summed E-state index contributed by atoms with van der Waals surface area (Å²) in [5.41, 5.74) is 9.44. The predicted octanol–water partition coefficient (Wildman–Crippen LogP) is 1.38. The fourth-order valence-corrected chi connectivity index (χ4v) is 3.82. The van der Waals surface area contributed by atoms with E-state index < -0.39 is 0 Å². The number of benzene rings is 1. The molecule has 0 saturated carbocycles. The van der Waals surface area contributed by atoms with Crippen LogP contribution in [0.2, 0.25) is 0 Å². The molecule has 102 valence electrons. The lowest BCUT2D eigenvalue weighted by atomic mass is 9.73. The van der Waals surface area contributed by atoms with Crippen LogP contribution in [0.4, 0.5) is 0 Å². The Bertz CT molecular complexity index is 509. The van der Waals surface area contributed by atoms with Gasteiger partial charge in [-0.05, 0) is 61.0 Å². The molecule has 1 unspecified atom stereocenters. The smallest absolute Gasteiger partial charge is 0.161 e. The Labute approximate surface area is 113 Å². The molecule has 0 radical (unpaired) electrons. The number of fused-ring (bicyclic) bond motifs is 2. The molecular formula is C15H20N2O2. The fraction of sp³-hybridized carbons (Fsp3) is 0.600. The van der Waals surface area contributed by atoms with Gasteiger partial charge in [-0.3, -0.25) is 0 Å². The van der Waals surface area contributed by atoms with Gasteiger partial charge in [0.1, 0.15) is 13.2 Å². The van der Waals surface area contributed by atoms with Crippen LogP contribution in [-0.4, -0.2) is 26.3 Å². The summed E-state index contributed by atoms with van der Waals surface area (Å²) in [6.07, 6.45) is 3.41. The van der Waals surface area contributed by atoms with Crippen LogP contribution in [0.25, 0.3) is 0 Å². The first-order chi connectivity index (χ1) is 9.28. The van der Waals surface area contributed by atoms with Gasteiger partial charge in [0, 0.05) is 6.04 Å². The van der Waals surface area contributed by atoms with Crippen molar-refractivity contribution in [2.24, 2.45) is 11.1 Å². The van der Waals surface area contributed by atoms with Crippen molar-refractivity contribution in [2.45, 2.75) is 25.3 Å². The van der Waals surface area contributed by atoms with Crippen molar-refractivity contribution in [3.05, 3.63) is 23.3 Å². The molecule has 0 aromatic heterocycles. The van der Waals surface area contributed by atoms with Crippen molar-refractivity contribution < 1.29 is 9.47 Å². The average Bonchev–Trinajstić information content (AvgIpc) is 2.70. The summed E-state index contributed by atoms with van der Waals surface area (Å²) in [5, 5.41) is 3.43. The van der Waals surface area contributed by atoms with E-state index in [0.717, 1.165) is 43.9 Å². The molecule has 2 heterocycles.